The Kier molecular flexibility index (Phi) is 4.17. The average Bonchev–Trinajstić information content (AvgIpc) is 2.28. The number of nitro benzene ring substituents is 1. The fraction of sp³-hybridized carbons (Fsp3) is 0.364. The standard InChI is InChI=1S/C11H14N2O4/c1-7-5-9(3-4-10(7)13(16)17)11(15)12-8(2)6-14/h3-5,8,14H,6H2,1-2H3,(H,12,15)/t8-/m0/s1. The zero-order chi connectivity index (χ0) is 13.0. The Morgan fingerprint density at radius 2 is 2.24 bits per heavy atom. The Hall–Kier alpha value is -1.95. The predicted molar refractivity (Wildman–Crippen MR) is 61.8 cm³/mol. The third-order valence-electron chi connectivity index (χ3n) is 2.31. The van der Waals surface area contributed by atoms with Crippen molar-refractivity contribution in [2.45, 2.75) is 19.9 Å². The molecule has 0 aromatic heterocycles. The van der Waals surface area contributed by atoms with Crippen molar-refractivity contribution in [1.82, 2.24) is 5.32 Å². The van der Waals surface area contributed by atoms with E-state index in [1.54, 1.807) is 13.8 Å². The van der Waals surface area contributed by atoms with Crippen molar-refractivity contribution in [3.63, 3.8) is 0 Å². The number of aliphatic hydroxyl groups excluding tert-OH is 1. The molecule has 0 radical (unpaired) electrons. The maximum Gasteiger partial charge on any atom is 0.272 e. The summed E-state index contributed by atoms with van der Waals surface area (Å²) in [6.45, 7) is 3.08. The Bertz CT molecular complexity index is 445. The maximum atomic E-state index is 11.7. The summed E-state index contributed by atoms with van der Waals surface area (Å²) in [6, 6.07) is 3.80. The molecule has 0 fully saturated rings. The van der Waals surface area contributed by atoms with E-state index in [0.29, 0.717) is 11.1 Å². The number of hydrogen-bond donors (Lipinski definition) is 2. The van der Waals surface area contributed by atoms with Gasteiger partial charge in [0.25, 0.3) is 11.6 Å². The van der Waals surface area contributed by atoms with Crippen LogP contribution in [0.4, 0.5) is 5.69 Å². The Morgan fingerprint density at radius 1 is 1.59 bits per heavy atom. The lowest BCUT2D eigenvalue weighted by molar-refractivity contribution is -0.385. The van der Waals surface area contributed by atoms with Crippen LogP contribution in [0.2, 0.25) is 0 Å². The fourth-order valence-corrected chi connectivity index (χ4v) is 1.35. The lowest BCUT2D eigenvalue weighted by Crippen LogP contribution is -2.35. The molecule has 1 aromatic rings. The molecule has 0 saturated carbocycles. The van der Waals surface area contributed by atoms with Gasteiger partial charge in [0.05, 0.1) is 11.5 Å². The molecule has 92 valence electrons. The summed E-state index contributed by atoms with van der Waals surface area (Å²) in [6.07, 6.45) is 0. The summed E-state index contributed by atoms with van der Waals surface area (Å²) in [4.78, 5) is 21.8. The molecule has 0 spiro atoms. The van der Waals surface area contributed by atoms with Crippen LogP contribution in [-0.4, -0.2) is 28.6 Å². The van der Waals surface area contributed by atoms with Gasteiger partial charge in [0.15, 0.2) is 0 Å². The van der Waals surface area contributed by atoms with Crippen LogP contribution in [0.25, 0.3) is 0 Å². The largest absolute Gasteiger partial charge is 0.394 e. The van der Waals surface area contributed by atoms with Crippen molar-refractivity contribution in [1.29, 1.82) is 0 Å². The number of carbonyl (C=O) groups is 1. The smallest absolute Gasteiger partial charge is 0.272 e. The van der Waals surface area contributed by atoms with Gasteiger partial charge < -0.3 is 10.4 Å². The van der Waals surface area contributed by atoms with Crippen molar-refractivity contribution in [3.8, 4) is 0 Å². The Balaban J connectivity index is 2.90. The first kappa shape index (κ1) is 13.1. The second-order valence-corrected chi connectivity index (χ2v) is 3.82. The molecule has 17 heavy (non-hydrogen) atoms. The molecule has 0 aliphatic heterocycles. The minimum atomic E-state index is -0.493. The van der Waals surface area contributed by atoms with Crippen molar-refractivity contribution >= 4 is 11.6 Å². The Labute approximate surface area is 98.4 Å². The van der Waals surface area contributed by atoms with Gasteiger partial charge in [-0.15, -0.1) is 0 Å². The molecule has 0 aliphatic rings. The number of nitro groups is 1. The molecule has 0 unspecified atom stereocenters. The second kappa shape index (κ2) is 5.40. The summed E-state index contributed by atoms with van der Waals surface area (Å²) in [5.74, 6) is -0.357. The highest BCUT2D eigenvalue weighted by Gasteiger charge is 2.14. The van der Waals surface area contributed by atoms with E-state index in [-0.39, 0.29) is 24.2 Å². The highest BCUT2D eigenvalue weighted by atomic mass is 16.6. The van der Waals surface area contributed by atoms with Gasteiger partial charge in [-0.05, 0) is 26.0 Å². The zero-order valence-corrected chi connectivity index (χ0v) is 9.64. The van der Waals surface area contributed by atoms with Crippen molar-refractivity contribution in [3.05, 3.63) is 39.4 Å². The number of nitrogens with zero attached hydrogens (tertiary/aromatic N) is 1. The summed E-state index contributed by atoms with van der Waals surface area (Å²) in [7, 11) is 0. The number of aryl methyl sites for hydroxylation is 1. The molecule has 1 atom stereocenters. The molecule has 0 heterocycles. The molecule has 1 rings (SSSR count). The first-order valence-electron chi connectivity index (χ1n) is 5.12. The number of rotatable bonds is 4. The monoisotopic (exact) mass is 238 g/mol. The number of hydrogen-bond acceptors (Lipinski definition) is 4. The third kappa shape index (κ3) is 3.25. The van der Waals surface area contributed by atoms with Crippen LogP contribution >= 0.6 is 0 Å². The number of nitrogens with one attached hydrogen (secondary N) is 1. The molecular formula is C11H14N2O4. The lowest BCUT2D eigenvalue weighted by Gasteiger charge is -2.10. The lowest BCUT2D eigenvalue weighted by atomic mass is 10.1. The van der Waals surface area contributed by atoms with Crippen LogP contribution in [0.15, 0.2) is 18.2 Å². The van der Waals surface area contributed by atoms with Gasteiger partial charge in [-0.25, -0.2) is 0 Å². The van der Waals surface area contributed by atoms with Gasteiger partial charge in [-0.3, -0.25) is 14.9 Å². The van der Waals surface area contributed by atoms with Gasteiger partial charge >= 0.3 is 0 Å². The van der Waals surface area contributed by atoms with Crippen LogP contribution in [0, 0.1) is 17.0 Å². The highest BCUT2D eigenvalue weighted by Crippen LogP contribution is 2.18. The van der Waals surface area contributed by atoms with Gasteiger partial charge in [0, 0.05) is 23.2 Å². The molecule has 2 N–H and O–H groups in total. The molecule has 0 bridgehead atoms. The number of aliphatic hydroxyl groups is 1. The Morgan fingerprint density at radius 3 is 2.71 bits per heavy atom. The van der Waals surface area contributed by atoms with Gasteiger partial charge in [0.2, 0.25) is 0 Å². The molecule has 6 heteroatoms. The zero-order valence-electron chi connectivity index (χ0n) is 9.64. The van der Waals surface area contributed by atoms with Gasteiger partial charge in [-0.2, -0.15) is 0 Å². The molecule has 1 amide bonds. The van der Waals surface area contributed by atoms with E-state index in [4.69, 9.17) is 5.11 Å². The van der Waals surface area contributed by atoms with E-state index in [1.807, 2.05) is 0 Å². The summed E-state index contributed by atoms with van der Waals surface area (Å²) in [5, 5.41) is 22.0. The van der Waals surface area contributed by atoms with Crippen molar-refractivity contribution in [2.24, 2.45) is 0 Å². The summed E-state index contributed by atoms with van der Waals surface area (Å²) in [5.41, 5.74) is 0.754. The summed E-state index contributed by atoms with van der Waals surface area (Å²) >= 11 is 0. The fourth-order valence-electron chi connectivity index (χ4n) is 1.35. The average molecular weight is 238 g/mol. The summed E-state index contributed by atoms with van der Waals surface area (Å²) < 4.78 is 0. The minimum Gasteiger partial charge on any atom is -0.394 e. The van der Waals surface area contributed by atoms with E-state index in [9.17, 15) is 14.9 Å². The van der Waals surface area contributed by atoms with Gasteiger partial charge in [0.1, 0.15) is 0 Å². The van der Waals surface area contributed by atoms with Crippen LogP contribution in [0.1, 0.15) is 22.8 Å². The molecule has 0 aliphatic carbocycles. The van der Waals surface area contributed by atoms with Crippen LogP contribution in [-0.2, 0) is 0 Å². The van der Waals surface area contributed by atoms with E-state index >= 15 is 0 Å². The highest BCUT2D eigenvalue weighted by molar-refractivity contribution is 5.94. The van der Waals surface area contributed by atoms with Crippen LogP contribution in [0.3, 0.4) is 0 Å². The van der Waals surface area contributed by atoms with Crippen molar-refractivity contribution < 1.29 is 14.8 Å². The van der Waals surface area contributed by atoms with Crippen LogP contribution in [0.5, 0.6) is 0 Å². The van der Waals surface area contributed by atoms with E-state index in [1.165, 1.54) is 18.2 Å². The quantitative estimate of drug-likeness (QED) is 0.605. The minimum absolute atomic E-state index is 0.0169. The number of benzene rings is 1. The first-order valence-corrected chi connectivity index (χ1v) is 5.12. The van der Waals surface area contributed by atoms with Crippen molar-refractivity contribution in [2.75, 3.05) is 6.61 Å². The predicted octanol–water partition coefficient (Wildman–Crippen LogP) is 1.01. The van der Waals surface area contributed by atoms with E-state index in [0.717, 1.165) is 0 Å². The van der Waals surface area contributed by atoms with E-state index in [2.05, 4.69) is 5.32 Å². The molecule has 6 nitrogen and oxygen atoms in total. The second-order valence-electron chi connectivity index (χ2n) is 3.82. The maximum absolute atomic E-state index is 11.7. The number of carbonyl (C=O) groups excluding carboxylic acids is 1. The van der Waals surface area contributed by atoms with E-state index < -0.39 is 4.92 Å². The molecular weight excluding hydrogens is 224 g/mol. The normalized spacial score (nSPS) is 11.9. The first-order chi connectivity index (χ1) is 7.95. The molecule has 1 aromatic carbocycles. The molecule has 0 saturated heterocycles. The topological polar surface area (TPSA) is 92.5 Å². The van der Waals surface area contributed by atoms with Gasteiger partial charge in [-0.1, -0.05) is 0 Å². The van der Waals surface area contributed by atoms with Crippen LogP contribution < -0.4 is 5.32 Å². The third-order valence-corrected chi connectivity index (χ3v) is 2.31. The number of amides is 1. The SMILES string of the molecule is Cc1cc(C(=O)N[C@@H](C)CO)ccc1[N+](=O)[O-].